The molecule has 0 saturated carbocycles. The van der Waals surface area contributed by atoms with E-state index >= 15 is 0 Å². The summed E-state index contributed by atoms with van der Waals surface area (Å²) in [5, 5.41) is 0. The topological polar surface area (TPSA) is 43.4 Å². The quantitative estimate of drug-likeness (QED) is 0.534. The van der Waals surface area contributed by atoms with E-state index in [4.69, 9.17) is 0 Å². The molecule has 0 heterocycles. The molecule has 0 spiro atoms. The lowest BCUT2D eigenvalue weighted by Crippen LogP contribution is -2.10. The summed E-state index contributed by atoms with van der Waals surface area (Å²) >= 11 is 0. The van der Waals surface area contributed by atoms with E-state index in [1.54, 1.807) is 0 Å². The third kappa shape index (κ3) is 14.8. The fourth-order valence-electron chi connectivity index (χ4n) is 0.519. The Morgan fingerprint density at radius 2 is 1.62 bits per heavy atom. The standard InChI is InChI=1S/C6H14O3S.C2H4.H2S/c1-3-5-9-10(7,8)6-4-2;1-2;/h3-6H2,1-2H3;1-2H2;1H2. The second kappa shape index (κ2) is 12.0. The molecule has 0 atom stereocenters. The Kier molecular flexibility index (Phi) is 17.3. The van der Waals surface area contributed by atoms with Crippen molar-refractivity contribution in [2.75, 3.05) is 12.4 Å². The summed E-state index contributed by atoms with van der Waals surface area (Å²) < 4.78 is 26.1. The molecule has 0 aromatic carbocycles. The smallest absolute Gasteiger partial charge is 0.267 e. The summed E-state index contributed by atoms with van der Waals surface area (Å²) in [5.41, 5.74) is 0. The molecule has 0 aliphatic carbocycles. The van der Waals surface area contributed by atoms with Crippen LogP contribution in [0.25, 0.3) is 0 Å². The highest BCUT2D eigenvalue weighted by Crippen LogP contribution is 1.96. The van der Waals surface area contributed by atoms with Crippen LogP contribution in [0.5, 0.6) is 0 Å². The van der Waals surface area contributed by atoms with Crippen LogP contribution in [0.4, 0.5) is 0 Å². The van der Waals surface area contributed by atoms with Gasteiger partial charge < -0.3 is 0 Å². The first kappa shape index (κ1) is 18.7. The third-order valence-corrected chi connectivity index (χ3v) is 2.36. The molecular formula is C8H20O3S2. The minimum Gasteiger partial charge on any atom is -0.270 e. The van der Waals surface area contributed by atoms with Gasteiger partial charge in [-0.25, -0.2) is 0 Å². The van der Waals surface area contributed by atoms with Crippen molar-refractivity contribution in [2.45, 2.75) is 26.7 Å². The molecular weight excluding hydrogens is 208 g/mol. The van der Waals surface area contributed by atoms with Gasteiger partial charge in [-0.05, 0) is 12.8 Å². The van der Waals surface area contributed by atoms with E-state index < -0.39 is 10.1 Å². The summed E-state index contributed by atoms with van der Waals surface area (Å²) in [6.45, 7) is 10.00. The van der Waals surface area contributed by atoms with Gasteiger partial charge in [0.2, 0.25) is 0 Å². The van der Waals surface area contributed by atoms with E-state index in [0.717, 1.165) is 6.42 Å². The van der Waals surface area contributed by atoms with Gasteiger partial charge in [-0.2, -0.15) is 21.9 Å². The molecule has 0 rings (SSSR count). The van der Waals surface area contributed by atoms with E-state index in [2.05, 4.69) is 17.3 Å². The van der Waals surface area contributed by atoms with Gasteiger partial charge in [0.1, 0.15) is 0 Å². The molecule has 0 aromatic heterocycles. The zero-order valence-electron chi connectivity index (χ0n) is 8.38. The zero-order valence-corrected chi connectivity index (χ0v) is 10.2. The second-order valence-electron chi connectivity index (χ2n) is 2.08. The Morgan fingerprint density at radius 1 is 1.15 bits per heavy atom. The SMILES string of the molecule is C=C.CCCOS(=O)(=O)CCC.S. The molecule has 0 aliphatic heterocycles. The van der Waals surface area contributed by atoms with Crippen molar-refractivity contribution in [3.63, 3.8) is 0 Å². The molecule has 0 fully saturated rings. The minimum absolute atomic E-state index is 0. The van der Waals surface area contributed by atoms with Gasteiger partial charge >= 0.3 is 0 Å². The van der Waals surface area contributed by atoms with Crippen LogP contribution in [0.1, 0.15) is 26.7 Å². The molecule has 0 N–H and O–H groups in total. The summed E-state index contributed by atoms with van der Waals surface area (Å²) in [4.78, 5) is 0. The first-order valence-electron chi connectivity index (χ1n) is 3.99. The lowest BCUT2D eigenvalue weighted by atomic mass is 10.5. The van der Waals surface area contributed by atoms with Crippen LogP contribution in [-0.4, -0.2) is 20.8 Å². The highest BCUT2D eigenvalue weighted by atomic mass is 32.2. The molecule has 0 bridgehead atoms. The average Bonchev–Trinajstić information content (AvgIpc) is 2.05. The molecule has 0 aliphatic rings. The molecule has 82 valence electrons. The number of hydrogen-bond donors (Lipinski definition) is 0. The van der Waals surface area contributed by atoms with Gasteiger partial charge in [0.05, 0.1) is 12.4 Å². The van der Waals surface area contributed by atoms with Gasteiger partial charge in [0, 0.05) is 0 Å². The maximum absolute atomic E-state index is 10.8. The van der Waals surface area contributed by atoms with E-state index in [0.29, 0.717) is 13.0 Å². The van der Waals surface area contributed by atoms with Crippen molar-refractivity contribution in [3.05, 3.63) is 13.2 Å². The van der Waals surface area contributed by atoms with Crippen molar-refractivity contribution in [2.24, 2.45) is 0 Å². The van der Waals surface area contributed by atoms with Gasteiger partial charge in [-0.15, -0.1) is 13.2 Å². The highest BCUT2D eigenvalue weighted by molar-refractivity contribution is 7.86. The molecule has 0 amide bonds. The largest absolute Gasteiger partial charge is 0.270 e. The van der Waals surface area contributed by atoms with E-state index in [-0.39, 0.29) is 19.2 Å². The van der Waals surface area contributed by atoms with E-state index in [1.165, 1.54) is 0 Å². The first-order valence-corrected chi connectivity index (χ1v) is 5.57. The summed E-state index contributed by atoms with van der Waals surface area (Å²) in [6, 6.07) is 0. The van der Waals surface area contributed by atoms with Crippen LogP contribution in [0.2, 0.25) is 0 Å². The zero-order chi connectivity index (χ0) is 10.0. The van der Waals surface area contributed by atoms with Gasteiger partial charge in [0.15, 0.2) is 0 Å². The van der Waals surface area contributed by atoms with Crippen molar-refractivity contribution < 1.29 is 12.6 Å². The lowest BCUT2D eigenvalue weighted by molar-refractivity contribution is 0.318. The molecule has 5 heteroatoms. The van der Waals surface area contributed by atoms with Crippen LogP contribution in [0.15, 0.2) is 13.2 Å². The van der Waals surface area contributed by atoms with Crippen LogP contribution >= 0.6 is 13.5 Å². The number of rotatable bonds is 5. The minimum atomic E-state index is -3.19. The molecule has 0 aromatic rings. The van der Waals surface area contributed by atoms with Crippen molar-refractivity contribution in [1.82, 2.24) is 0 Å². The van der Waals surface area contributed by atoms with Crippen LogP contribution in [0, 0.1) is 0 Å². The second-order valence-corrected chi connectivity index (χ2v) is 3.84. The van der Waals surface area contributed by atoms with Crippen molar-refractivity contribution in [3.8, 4) is 0 Å². The maximum Gasteiger partial charge on any atom is 0.267 e. The van der Waals surface area contributed by atoms with Gasteiger partial charge in [0.25, 0.3) is 10.1 Å². The Balaban J connectivity index is -0.000000309. The van der Waals surface area contributed by atoms with E-state index in [1.807, 2.05) is 13.8 Å². The molecule has 13 heavy (non-hydrogen) atoms. The fraction of sp³-hybridized carbons (Fsp3) is 0.750. The van der Waals surface area contributed by atoms with Crippen LogP contribution in [-0.2, 0) is 14.3 Å². The predicted octanol–water partition coefficient (Wildman–Crippen LogP) is 2.07. The third-order valence-electron chi connectivity index (χ3n) is 0.921. The Hall–Kier alpha value is -0.0000000000000000555. The maximum atomic E-state index is 10.8. The highest BCUT2D eigenvalue weighted by Gasteiger charge is 2.07. The summed E-state index contributed by atoms with van der Waals surface area (Å²) in [7, 11) is -3.19. The summed E-state index contributed by atoms with van der Waals surface area (Å²) in [6.07, 6.45) is 1.36. The lowest BCUT2D eigenvalue weighted by Gasteiger charge is -2.00. The molecule has 0 unspecified atom stereocenters. The van der Waals surface area contributed by atoms with Gasteiger partial charge in [-0.1, -0.05) is 13.8 Å². The predicted molar refractivity (Wildman–Crippen MR) is 62.0 cm³/mol. The molecule has 3 nitrogen and oxygen atoms in total. The van der Waals surface area contributed by atoms with E-state index in [9.17, 15) is 8.42 Å². The van der Waals surface area contributed by atoms with Crippen molar-refractivity contribution >= 4 is 23.6 Å². The first-order chi connectivity index (χ1) is 5.62. The Bertz CT molecular complexity index is 176. The van der Waals surface area contributed by atoms with Crippen LogP contribution in [0.3, 0.4) is 0 Å². The Morgan fingerprint density at radius 3 is 1.92 bits per heavy atom. The fourth-order valence-corrected chi connectivity index (χ4v) is 1.56. The Labute approximate surface area is 88.8 Å². The average molecular weight is 228 g/mol. The van der Waals surface area contributed by atoms with Gasteiger partial charge in [-0.3, -0.25) is 4.18 Å². The number of hydrogen-bond acceptors (Lipinski definition) is 3. The molecule has 0 saturated heterocycles. The monoisotopic (exact) mass is 228 g/mol. The van der Waals surface area contributed by atoms with Crippen molar-refractivity contribution in [1.29, 1.82) is 0 Å². The molecule has 0 radical (unpaired) electrons. The van der Waals surface area contributed by atoms with Crippen LogP contribution < -0.4 is 0 Å². The summed E-state index contributed by atoms with van der Waals surface area (Å²) in [5.74, 6) is 0.132. The normalized spacial score (nSPS) is 9.38.